The van der Waals surface area contributed by atoms with Crippen LogP contribution in [0.15, 0.2) is 30.4 Å². The Morgan fingerprint density at radius 2 is 2.12 bits per heavy atom. The molecule has 0 spiro atoms. The van der Waals surface area contributed by atoms with E-state index in [2.05, 4.69) is 11.3 Å². The molecule has 0 aliphatic heterocycles. The summed E-state index contributed by atoms with van der Waals surface area (Å²) in [6, 6.07) is 4.25. The molecule has 4 nitrogen and oxygen atoms in total. The van der Waals surface area contributed by atoms with Crippen LogP contribution in [0.3, 0.4) is 0 Å². The number of esters is 1. The fourth-order valence-electron chi connectivity index (χ4n) is 1.11. The molecule has 0 aromatic heterocycles. The van der Waals surface area contributed by atoms with Crippen LogP contribution in [0.2, 0.25) is 0 Å². The van der Waals surface area contributed by atoms with Crippen molar-refractivity contribution >= 4 is 5.97 Å². The zero-order chi connectivity index (χ0) is 12.1. The Kier molecular flexibility index (Phi) is 3.94. The second kappa shape index (κ2) is 5.21. The van der Waals surface area contributed by atoms with Gasteiger partial charge in [-0.25, -0.2) is 4.79 Å². The molecule has 0 unspecified atom stereocenters. The van der Waals surface area contributed by atoms with Gasteiger partial charge in [0.05, 0.1) is 12.7 Å². The second-order valence-corrected chi connectivity index (χ2v) is 3.45. The molecule has 86 valence electrons. The third-order valence-corrected chi connectivity index (χ3v) is 1.80. The average molecular weight is 222 g/mol. The minimum absolute atomic E-state index is 0.0420. The first-order valence-electron chi connectivity index (χ1n) is 4.72. The van der Waals surface area contributed by atoms with Crippen LogP contribution < -0.4 is 4.74 Å². The van der Waals surface area contributed by atoms with Gasteiger partial charge in [0.1, 0.15) is 18.1 Å². The molecule has 0 bridgehead atoms. The van der Waals surface area contributed by atoms with Gasteiger partial charge in [0.25, 0.3) is 0 Å². The van der Waals surface area contributed by atoms with Crippen molar-refractivity contribution in [2.45, 2.75) is 6.92 Å². The van der Waals surface area contributed by atoms with Gasteiger partial charge in [-0.05, 0) is 24.6 Å². The smallest absolute Gasteiger partial charge is 0.338 e. The van der Waals surface area contributed by atoms with Crippen molar-refractivity contribution in [1.82, 2.24) is 0 Å². The molecule has 1 aromatic carbocycles. The highest BCUT2D eigenvalue weighted by molar-refractivity contribution is 5.90. The van der Waals surface area contributed by atoms with Crippen molar-refractivity contribution in [3.8, 4) is 11.5 Å². The number of methoxy groups -OCH3 is 1. The van der Waals surface area contributed by atoms with Crippen molar-refractivity contribution in [1.29, 1.82) is 0 Å². The van der Waals surface area contributed by atoms with Gasteiger partial charge in [-0.3, -0.25) is 0 Å². The van der Waals surface area contributed by atoms with E-state index in [9.17, 15) is 9.90 Å². The molecule has 16 heavy (non-hydrogen) atoms. The van der Waals surface area contributed by atoms with Gasteiger partial charge in [0.15, 0.2) is 0 Å². The average Bonchev–Trinajstić information content (AvgIpc) is 2.24. The Labute approximate surface area is 94.1 Å². The van der Waals surface area contributed by atoms with E-state index in [1.165, 1.54) is 25.3 Å². The monoisotopic (exact) mass is 222 g/mol. The molecular formula is C12H14O4. The van der Waals surface area contributed by atoms with Crippen molar-refractivity contribution in [3.05, 3.63) is 35.9 Å². The second-order valence-electron chi connectivity index (χ2n) is 3.45. The molecule has 0 atom stereocenters. The highest BCUT2D eigenvalue weighted by Gasteiger charge is 2.09. The normalized spacial score (nSPS) is 9.62. The fraction of sp³-hybridized carbons (Fsp3) is 0.250. The molecular weight excluding hydrogens is 208 g/mol. The van der Waals surface area contributed by atoms with Crippen LogP contribution in [-0.2, 0) is 4.74 Å². The predicted molar refractivity (Wildman–Crippen MR) is 59.8 cm³/mol. The van der Waals surface area contributed by atoms with Gasteiger partial charge in [-0.2, -0.15) is 0 Å². The highest BCUT2D eigenvalue weighted by atomic mass is 16.5. The summed E-state index contributed by atoms with van der Waals surface area (Å²) in [4.78, 5) is 11.2. The summed E-state index contributed by atoms with van der Waals surface area (Å²) < 4.78 is 9.86. The first-order chi connectivity index (χ1) is 7.52. The quantitative estimate of drug-likeness (QED) is 0.626. The number of phenolic OH excluding ortho intramolecular Hbond substituents is 1. The summed E-state index contributed by atoms with van der Waals surface area (Å²) in [5, 5.41) is 9.39. The molecule has 1 aromatic rings. The lowest BCUT2D eigenvalue weighted by molar-refractivity contribution is 0.0600. The number of carbonyl (C=O) groups excluding carboxylic acids is 1. The maximum atomic E-state index is 11.2. The molecule has 0 amide bonds. The summed E-state index contributed by atoms with van der Waals surface area (Å²) in [6.45, 7) is 5.85. The van der Waals surface area contributed by atoms with E-state index < -0.39 is 5.97 Å². The van der Waals surface area contributed by atoms with Crippen LogP contribution in [0.1, 0.15) is 17.3 Å². The zero-order valence-electron chi connectivity index (χ0n) is 9.32. The van der Waals surface area contributed by atoms with Crippen LogP contribution in [0.4, 0.5) is 0 Å². The van der Waals surface area contributed by atoms with Gasteiger partial charge in [-0.1, -0.05) is 6.58 Å². The Morgan fingerprint density at radius 3 is 2.69 bits per heavy atom. The lowest BCUT2D eigenvalue weighted by Crippen LogP contribution is -2.03. The Hall–Kier alpha value is -1.97. The van der Waals surface area contributed by atoms with Gasteiger partial charge < -0.3 is 14.6 Å². The maximum absolute atomic E-state index is 11.2. The first-order valence-corrected chi connectivity index (χ1v) is 4.72. The molecule has 0 heterocycles. The molecule has 0 aliphatic carbocycles. The van der Waals surface area contributed by atoms with Crippen LogP contribution >= 0.6 is 0 Å². The summed E-state index contributed by atoms with van der Waals surface area (Å²) >= 11 is 0. The van der Waals surface area contributed by atoms with Gasteiger partial charge in [0, 0.05) is 6.07 Å². The third-order valence-electron chi connectivity index (χ3n) is 1.80. The summed E-state index contributed by atoms with van der Waals surface area (Å²) in [5.74, 6) is -0.154. The number of rotatable bonds is 4. The molecule has 4 heteroatoms. The topological polar surface area (TPSA) is 55.8 Å². The van der Waals surface area contributed by atoms with E-state index in [0.29, 0.717) is 12.4 Å². The van der Waals surface area contributed by atoms with E-state index in [1.807, 2.05) is 6.92 Å². The van der Waals surface area contributed by atoms with E-state index in [0.717, 1.165) is 5.57 Å². The minimum atomic E-state index is -0.518. The standard InChI is InChI=1S/C12H14O4/c1-8(2)7-16-11-5-9(12(14)15-3)4-10(13)6-11/h4-6,13H,1,7H2,2-3H3. The number of carbonyl (C=O) groups is 1. The van der Waals surface area contributed by atoms with Crippen LogP contribution in [0, 0.1) is 0 Å². The first kappa shape index (κ1) is 12.1. The Bertz CT molecular complexity index is 409. The molecule has 0 fully saturated rings. The largest absolute Gasteiger partial charge is 0.508 e. The Balaban J connectivity index is 2.89. The molecule has 0 saturated carbocycles. The van der Waals surface area contributed by atoms with E-state index >= 15 is 0 Å². The number of hydrogen-bond donors (Lipinski definition) is 1. The highest BCUT2D eigenvalue weighted by Crippen LogP contribution is 2.22. The van der Waals surface area contributed by atoms with Crippen LogP contribution in [0.5, 0.6) is 11.5 Å². The van der Waals surface area contributed by atoms with E-state index in [4.69, 9.17) is 4.74 Å². The minimum Gasteiger partial charge on any atom is -0.508 e. The summed E-state index contributed by atoms with van der Waals surface area (Å²) in [7, 11) is 1.28. The molecule has 0 saturated heterocycles. The Morgan fingerprint density at radius 1 is 1.44 bits per heavy atom. The van der Waals surface area contributed by atoms with E-state index in [1.54, 1.807) is 0 Å². The lowest BCUT2D eigenvalue weighted by Gasteiger charge is -2.08. The molecule has 1 N–H and O–H groups in total. The van der Waals surface area contributed by atoms with Crippen molar-refractivity contribution in [2.24, 2.45) is 0 Å². The number of phenols is 1. The zero-order valence-corrected chi connectivity index (χ0v) is 9.32. The van der Waals surface area contributed by atoms with Gasteiger partial charge >= 0.3 is 5.97 Å². The van der Waals surface area contributed by atoms with Gasteiger partial charge in [-0.15, -0.1) is 0 Å². The predicted octanol–water partition coefficient (Wildman–Crippen LogP) is 2.13. The van der Waals surface area contributed by atoms with Crippen LogP contribution in [-0.4, -0.2) is 24.8 Å². The van der Waals surface area contributed by atoms with Crippen molar-refractivity contribution in [2.75, 3.05) is 13.7 Å². The summed E-state index contributed by atoms with van der Waals surface area (Å²) in [5.41, 5.74) is 1.10. The van der Waals surface area contributed by atoms with E-state index in [-0.39, 0.29) is 11.3 Å². The van der Waals surface area contributed by atoms with Gasteiger partial charge in [0.2, 0.25) is 0 Å². The fourth-order valence-corrected chi connectivity index (χ4v) is 1.11. The SMILES string of the molecule is C=C(C)COc1cc(O)cc(C(=O)OC)c1. The number of hydrogen-bond acceptors (Lipinski definition) is 4. The molecule has 1 rings (SSSR count). The van der Waals surface area contributed by atoms with Crippen molar-refractivity contribution in [3.63, 3.8) is 0 Å². The van der Waals surface area contributed by atoms with Crippen molar-refractivity contribution < 1.29 is 19.4 Å². The third kappa shape index (κ3) is 3.31. The summed E-state index contributed by atoms with van der Waals surface area (Å²) in [6.07, 6.45) is 0. The maximum Gasteiger partial charge on any atom is 0.338 e. The number of ether oxygens (including phenoxy) is 2. The van der Waals surface area contributed by atoms with Crippen LogP contribution in [0.25, 0.3) is 0 Å². The number of aromatic hydroxyl groups is 1. The number of benzene rings is 1. The molecule has 0 aliphatic rings. The lowest BCUT2D eigenvalue weighted by atomic mass is 10.2. The molecule has 0 radical (unpaired) electrons.